The molecule has 0 aliphatic carbocycles. The van der Waals surface area contributed by atoms with Gasteiger partial charge in [0.25, 0.3) is 0 Å². The Labute approximate surface area is 185 Å². The van der Waals surface area contributed by atoms with E-state index in [1.165, 1.54) is 7.11 Å². The van der Waals surface area contributed by atoms with Crippen LogP contribution in [0.15, 0.2) is 47.5 Å². The zero-order valence-electron chi connectivity index (χ0n) is 17.8. The van der Waals surface area contributed by atoms with Crippen molar-refractivity contribution in [3.05, 3.63) is 70.3 Å². The van der Waals surface area contributed by atoms with Crippen molar-refractivity contribution in [3.63, 3.8) is 0 Å². The van der Waals surface area contributed by atoms with Gasteiger partial charge in [0.15, 0.2) is 5.82 Å². The zero-order valence-corrected chi connectivity index (χ0v) is 18.6. The molecular formula is C23H23ClN4O3. The monoisotopic (exact) mass is 438 g/mol. The number of aromatic nitrogens is 3. The standard InChI is InChI=1S/C23H23ClN4O3/c1-5-17(23(29)31-4)21-22-27-26-13(2)28(22)19-11-10-16(30-3)12-18(19)20(25-21)14-6-8-15(24)9-7-14/h6-12,17,21H,5H2,1-4H3/t17-,21-/m0/s1. The van der Waals surface area contributed by atoms with Gasteiger partial charge in [-0.15, -0.1) is 10.2 Å². The van der Waals surface area contributed by atoms with Crippen molar-refractivity contribution in [1.82, 2.24) is 14.8 Å². The van der Waals surface area contributed by atoms with E-state index in [0.717, 1.165) is 22.5 Å². The molecule has 0 N–H and O–H groups in total. The minimum Gasteiger partial charge on any atom is -0.497 e. The molecule has 0 amide bonds. The van der Waals surface area contributed by atoms with E-state index < -0.39 is 12.0 Å². The smallest absolute Gasteiger partial charge is 0.311 e. The van der Waals surface area contributed by atoms with Crippen molar-refractivity contribution in [2.24, 2.45) is 10.9 Å². The number of nitrogens with zero attached hydrogens (tertiary/aromatic N) is 4. The molecule has 4 rings (SSSR count). The van der Waals surface area contributed by atoms with E-state index in [2.05, 4.69) is 10.2 Å². The van der Waals surface area contributed by atoms with Gasteiger partial charge in [-0.2, -0.15) is 0 Å². The predicted octanol–water partition coefficient (Wildman–Crippen LogP) is 4.33. The fourth-order valence-corrected chi connectivity index (χ4v) is 4.07. The van der Waals surface area contributed by atoms with Crippen LogP contribution < -0.4 is 4.74 Å². The van der Waals surface area contributed by atoms with E-state index in [9.17, 15) is 4.79 Å². The van der Waals surface area contributed by atoms with Gasteiger partial charge in [-0.25, -0.2) is 0 Å². The second-order valence-corrected chi connectivity index (χ2v) is 7.73. The molecule has 1 aliphatic heterocycles. The first kappa shape index (κ1) is 21.1. The third-order valence-corrected chi connectivity index (χ3v) is 5.78. The van der Waals surface area contributed by atoms with Crippen LogP contribution >= 0.6 is 11.6 Å². The van der Waals surface area contributed by atoms with Crippen LogP contribution in [0.4, 0.5) is 0 Å². The quantitative estimate of drug-likeness (QED) is 0.554. The Hall–Kier alpha value is -3.19. The maximum atomic E-state index is 12.6. The van der Waals surface area contributed by atoms with E-state index in [1.54, 1.807) is 7.11 Å². The average molecular weight is 439 g/mol. The Kier molecular flexibility index (Phi) is 5.78. The van der Waals surface area contributed by atoms with Gasteiger partial charge in [0, 0.05) is 16.1 Å². The molecule has 2 aromatic carbocycles. The third-order valence-electron chi connectivity index (χ3n) is 5.52. The summed E-state index contributed by atoms with van der Waals surface area (Å²) in [5.74, 6) is 1.17. The minimum atomic E-state index is -0.567. The first-order valence-electron chi connectivity index (χ1n) is 10.0. The molecule has 8 heteroatoms. The molecule has 1 aliphatic rings. The molecule has 31 heavy (non-hydrogen) atoms. The zero-order chi connectivity index (χ0) is 22.1. The molecule has 0 unspecified atom stereocenters. The second kappa shape index (κ2) is 8.51. The minimum absolute atomic E-state index is 0.331. The van der Waals surface area contributed by atoms with Gasteiger partial charge >= 0.3 is 5.97 Å². The number of hydrogen-bond acceptors (Lipinski definition) is 6. The summed E-state index contributed by atoms with van der Waals surface area (Å²) in [7, 11) is 3.02. The lowest BCUT2D eigenvalue weighted by molar-refractivity contribution is -0.146. The maximum absolute atomic E-state index is 12.6. The highest BCUT2D eigenvalue weighted by molar-refractivity contribution is 6.30. The van der Waals surface area contributed by atoms with Crippen LogP contribution in [0.1, 0.15) is 42.2 Å². The number of fused-ring (bicyclic) bond motifs is 3. The van der Waals surface area contributed by atoms with Crippen molar-refractivity contribution in [1.29, 1.82) is 0 Å². The van der Waals surface area contributed by atoms with Crippen LogP contribution in [0, 0.1) is 12.8 Å². The first-order valence-corrected chi connectivity index (χ1v) is 10.4. The van der Waals surface area contributed by atoms with E-state index in [-0.39, 0.29) is 5.97 Å². The van der Waals surface area contributed by atoms with Gasteiger partial charge < -0.3 is 9.47 Å². The van der Waals surface area contributed by atoms with E-state index in [1.807, 2.05) is 60.9 Å². The molecule has 0 saturated carbocycles. The number of esters is 1. The normalized spacial score (nSPS) is 15.9. The fraction of sp³-hybridized carbons (Fsp3) is 0.304. The Morgan fingerprint density at radius 2 is 1.90 bits per heavy atom. The second-order valence-electron chi connectivity index (χ2n) is 7.29. The van der Waals surface area contributed by atoms with E-state index in [0.29, 0.717) is 28.8 Å². The van der Waals surface area contributed by atoms with Crippen molar-refractivity contribution in [3.8, 4) is 11.4 Å². The number of aliphatic imine (C=N–C) groups is 1. The molecule has 2 heterocycles. The molecule has 0 bridgehead atoms. The lowest BCUT2D eigenvalue weighted by atomic mass is 9.95. The van der Waals surface area contributed by atoms with Gasteiger partial charge in [0.2, 0.25) is 0 Å². The van der Waals surface area contributed by atoms with Crippen molar-refractivity contribution in [2.75, 3.05) is 14.2 Å². The van der Waals surface area contributed by atoms with E-state index in [4.69, 9.17) is 26.1 Å². The van der Waals surface area contributed by atoms with Crippen LogP contribution in [-0.4, -0.2) is 40.7 Å². The summed E-state index contributed by atoms with van der Waals surface area (Å²) in [5, 5.41) is 9.33. The average Bonchev–Trinajstić information content (AvgIpc) is 3.10. The van der Waals surface area contributed by atoms with Gasteiger partial charge in [-0.3, -0.25) is 14.4 Å². The fourth-order valence-electron chi connectivity index (χ4n) is 3.94. The number of benzene rings is 2. The van der Waals surface area contributed by atoms with Crippen LogP contribution in [-0.2, 0) is 9.53 Å². The third kappa shape index (κ3) is 3.70. The van der Waals surface area contributed by atoms with Gasteiger partial charge in [-0.05, 0) is 43.7 Å². The Balaban J connectivity index is 2.04. The van der Waals surface area contributed by atoms with Gasteiger partial charge in [0.1, 0.15) is 17.6 Å². The molecule has 0 saturated heterocycles. The Morgan fingerprint density at radius 1 is 1.16 bits per heavy atom. The largest absolute Gasteiger partial charge is 0.497 e. The lowest BCUT2D eigenvalue weighted by Crippen LogP contribution is -2.24. The molecule has 3 aromatic rings. The molecule has 160 valence electrons. The summed E-state index contributed by atoms with van der Waals surface area (Å²) in [4.78, 5) is 17.7. The Morgan fingerprint density at radius 3 is 2.55 bits per heavy atom. The van der Waals surface area contributed by atoms with Crippen LogP contribution in [0.2, 0.25) is 5.02 Å². The number of hydrogen-bond donors (Lipinski definition) is 0. The summed E-state index contributed by atoms with van der Waals surface area (Å²) in [6.45, 7) is 3.82. The topological polar surface area (TPSA) is 78.6 Å². The van der Waals surface area contributed by atoms with Crippen molar-refractivity contribution >= 4 is 23.3 Å². The summed E-state index contributed by atoms with van der Waals surface area (Å²) in [5.41, 5.74) is 3.32. The summed E-state index contributed by atoms with van der Waals surface area (Å²) in [6.07, 6.45) is 0.542. The number of rotatable bonds is 5. The predicted molar refractivity (Wildman–Crippen MR) is 118 cm³/mol. The number of halogens is 1. The van der Waals surface area contributed by atoms with Crippen molar-refractivity contribution in [2.45, 2.75) is 26.3 Å². The molecule has 0 fully saturated rings. The van der Waals surface area contributed by atoms with Crippen LogP contribution in [0.25, 0.3) is 5.69 Å². The maximum Gasteiger partial charge on any atom is 0.311 e. The van der Waals surface area contributed by atoms with Crippen LogP contribution in [0.5, 0.6) is 5.75 Å². The Bertz CT molecular complexity index is 1150. The molecular weight excluding hydrogens is 416 g/mol. The summed E-state index contributed by atoms with van der Waals surface area (Å²) >= 11 is 6.13. The number of aryl methyl sites for hydroxylation is 1. The van der Waals surface area contributed by atoms with E-state index >= 15 is 0 Å². The lowest BCUT2D eigenvalue weighted by Gasteiger charge is -2.20. The molecule has 7 nitrogen and oxygen atoms in total. The van der Waals surface area contributed by atoms with Crippen molar-refractivity contribution < 1.29 is 14.3 Å². The SMILES string of the molecule is CC[C@H](C(=O)OC)[C@@H]1N=C(c2ccc(Cl)cc2)c2cc(OC)ccc2-n2c(C)nnc21. The highest BCUT2D eigenvalue weighted by Crippen LogP contribution is 2.37. The highest BCUT2D eigenvalue weighted by Gasteiger charge is 2.36. The molecule has 0 spiro atoms. The highest BCUT2D eigenvalue weighted by atomic mass is 35.5. The number of methoxy groups -OCH3 is 2. The molecule has 0 radical (unpaired) electrons. The van der Waals surface area contributed by atoms with Gasteiger partial charge in [0.05, 0.1) is 31.5 Å². The van der Waals surface area contributed by atoms with Gasteiger partial charge in [-0.1, -0.05) is 30.7 Å². The van der Waals surface area contributed by atoms with Crippen LogP contribution in [0.3, 0.4) is 0 Å². The molecule has 1 aromatic heterocycles. The summed E-state index contributed by atoms with van der Waals surface area (Å²) in [6, 6.07) is 12.7. The number of carbonyl (C=O) groups is 1. The number of ether oxygens (including phenoxy) is 2. The molecule has 2 atom stereocenters. The number of carbonyl (C=O) groups excluding carboxylic acids is 1. The summed E-state index contributed by atoms with van der Waals surface area (Å²) < 4.78 is 12.5. The first-order chi connectivity index (χ1) is 15.0.